The lowest BCUT2D eigenvalue weighted by Crippen LogP contribution is -2.53. The van der Waals surface area contributed by atoms with Gasteiger partial charge in [-0.05, 0) is 36.5 Å². The van der Waals surface area contributed by atoms with Gasteiger partial charge in [0, 0.05) is 23.4 Å². The van der Waals surface area contributed by atoms with Crippen LogP contribution in [0.15, 0.2) is 28.7 Å². The van der Waals surface area contributed by atoms with Gasteiger partial charge in [-0.15, -0.1) is 0 Å². The molecular formula is C16H18BrNO3. The normalized spacial score (nSPS) is 29.3. The number of imide groups is 1. The molecule has 1 aromatic rings. The third kappa shape index (κ3) is 2.64. The first-order chi connectivity index (χ1) is 10.1. The van der Waals surface area contributed by atoms with Crippen molar-refractivity contribution in [2.45, 2.75) is 25.2 Å². The van der Waals surface area contributed by atoms with Crippen LogP contribution in [0.1, 0.15) is 30.7 Å². The van der Waals surface area contributed by atoms with Gasteiger partial charge in [-0.25, -0.2) is 0 Å². The number of piperidine rings is 1. The Labute approximate surface area is 132 Å². The number of amides is 2. The van der Waals surface area contributed by atoms with E-state index in [9.17, 15) is 9.59 Å². The lowest BCUT2D eigenvalue weighted by Gasteiger charge is -2.42. The number of ether oxygens (including phenoxy) is 1. The Morgan fingerprint density at radius 3 is 2.76 bits per heavy atom. The standard InChI is InChI=1S/C16H18BrNO3/c1-21-9-16(11-5-6-11)8-13(19)18-15(20)14(16)10-3-2-4-12(17)7-10/h2-4,7,11,14H,5-6,8-9H2,1H3,(H,18,19,20). The van der Waals surface area contributed by atoms with E-state index >= 15 is 0 Å². The van der Waals surface area contributed by atoms with E-state index < -0.39 is 5.41 Å². The van der Waals surface area contributed by atoms with Crippen LogP contribution >= 0.6 is 15.9 Å². The minimum atomic E-state index is -0.408. The highest BCUT2D eigenvalue weighted by atomic mass is 79.9. The Bertz CT molecular complexity index is 585. The molecule has 1 aromatic carbocycles. The molecule has 5 heteroatoms. The second-order valence-corrected chi connectivity index (χ2v) is 6.93. The van der Waals surface area contributed by atoms with Crippen LogP contribution in [0.4, 0.5) is 0 Å². The summed E-state index contributed by atoms with van der Waals surface area (Å²) in [5.41, 5.74) is 0.535. The van der Waals surface area contributed by atoms with Crippen LogP contribution in [-0.4, -0.2) is 25.5 Å². The van der Waals surface area contributed by atoms with Crippen LogP contribution < -0.4 is 5.32 Å². The fraction of sp³-hybridized carbons (Fsp3) is 0.500. The molecule has 0 spiro atoms. The molecule has 1 aliphatic carbocycles. The SMILES string of the molecule is COCC1(C2CC2)CC(=O)NC(=O)C1c1cccc(Br)c1. The lowest BCUT2D eigenvalue weighted by atomic mass is 9.64. The molecule has 0 radical (unpaired) electrons. The van der Waals surface area contributed by atoms with Gasteiger partial charge in [0.05, 0.1) is 12.5 Å². The number of methoxy groups -OCH3 is 1. The van der Waals surface area contributed by atoms with Crippen molar-refractivity contribution in [3.05, 3.63) is 34.3 Å². The molecule has 1 heterocycles. The first-order valence-electron chi connectivity index (χ1n) is 7.15. The average molecular weight is 352 g/mol. The Morgan fingerprint density at radius 1 is 1.38 bits per heavy atom. The number of carbonyl (C=O) groups is 2. The van der Waals surface area contributed by atoms with Crippen LogP contribution in [0.2, 0.25) is 0 Å². The molecular weight excluding hydrogens is 334 g/mol. The fourth-order valence-corrected chi connectivity index (χ4v) is 4.06. The quantitative estimate of drug-likeness (QED) is 0.848. The van der Waals surface area contributed by atoms with Crippen LogP contribution in [-0.2, 0) is 14.3 Å². The van der Waals surface area contributed by atoms with Gasteiger partial charge in [-0.3, -0.25) is 14.9 Å². The monoisotopic (exact) mass is 351 g/mol. The van der Waals surface area contributed by atoms with Crippen molar-refractivity contribution in [2.75, 3.05) is 13.7 Å². The Morgan fingerprint density at radius 2 is 2.14 bits per heavy atom. The first kappa shape index (κ1) is 14.7. The summed E-state index contributed by atoms with van der Waals surface area (Å²) in [7, 11) is 1.64. The summed E-state index contributed by atoms with van der Waals surface area (Å²) in [6.45, 7) is 0.438. The molecule has 1 N–H and O–H groups in total. The highest BCUT2D eigenvalue weighted by molar-refractivity contribution is 9.10. The van der Waals surface area contributed by atoms with Gasteiger partial charge < -0.3 is 4.74 Å². The fourth-order valence-electron chi connectivity index (χ4n) is 3.64. The lowest BCUT2D eigenvalue weighted by molar-refractivity contribution is -0.143. The van der Waals surface area contributed by atoms with Crippen LogP contribution in [0.25, 0.3) is 0 Å². The Balaban J connectivity index is 2.07. The number of benzene rings is 1. The van der Waals surface area contributed by atoms with Crippen LogP contribution in [0.5, 0.6) is 0 Å². The zero-order valence-corrected chi connectivity index (χ0v) is 13.5. The van der Waals surface area contributed by atoms with E-state index in [0.29, 0.717) is 18.9 Å². The van der Waals surface area contributed by atoms with E-state index in [1.807, 2.05) is 24.3 Å². The van der Waals surface area contributed by atoms with Crippen molar-refractivity contribution in [1.29, 1.82) is 0 Å². The zero-order chi connectivity index (χ0) is 15.0. The summed E-state index contributed by atoms with van der Waals surface area (Å²) in [5, 5.41) is 2.49. The molecule has 2 atom stereocenters. The van der Waals surface area contributed by atoms with Crippen LogP contribution in [0.3, 0.4) is 0 Å². The van der Waals surface area contributed by atoms with Crippen molar-refractivity contribution in [3.63, 3.8) is 0 Å². The van der Waals surface area contributed by atoms with Gasteiger partial charge in [-0.2, -0.15) is 0 Å². The molecule has 0 bridgehead atoms. The maximum Gasteiger partial charge on any atom is 0.234 e. The number of hydrogen-bond acceptors (Lipinski definition) is 3. The molecule has 3 rings (SSSR count). The second kappa shape index (κ2) is 5.54. The largest absolute Gasteiger partial charge is 0.384 e. The van der Waals surface area contributed by atoms with Gasteiger partial charge in [-0.1, -0.05) is 28.1 Å². The van der Waals surface area contributed by atoms with Crippen molar-refractivity contribution >= 4 is 27.7 Å². The van der Waals surface area contributed by atoms with Gasteiger partial charge in [0.1, 0.15) is 0 Å². The van der Waals surface area contributed by atoms with E-state index in [0.717, 1.165) is 22.9 Å². The van der Waals surface area contributed by atoms with Gasteiger partial charge in [0.2, 0.25) is 11.8 Å². The molecule has 2 unspecified atom stereocenters. The van der Waals surface area contributed by atoms with Crippen molar-refractivity contribution in [2.24, 2.45) is 11.3 Å². The summed E-state index contributed by atoms with van der Waals surface area (Å²) in [6, 6.07) is 7.78. The third-order valence-electron chi connectivity index (χ3n) is 4.57. The van der Waals surface area contributed by atoms with Gasteiger partial charge in [0.15, 0.2) is 0 Å². The van der Waals surface area contributed by atoms with E-state index in [-0.39, 0.29) is 17.7 Å². The van der Waals surface area contributed by atoms with Crippen molar-refractivity contribution < 1.29 is 14.3 Å². The summed E-state index contributed by atoms with van der Waals surface area (Å²) in [4.78, 5) is 24.5. The smallest absolute Gasteiger partial charge is 0.234 e. The minimum Gasteiger partial charge on any atom is -0.384 e. The maximum absolute atomic E-state index is 12.5. The molecule has 0 aromatic heterocycles. The highest BCUT2D eigenvalue weighted by Gasteiger charge is 2.57. The maximum atomic E-state index is 12.5. The number of rotatable bonds is 4. The predicted octanol–water partition coefficient (Wildman–Crippen LogP) is 2.62. The summed E-state index contributed by atoms with van der Waals surface area (Å²) >= 11 is 3.46. The molecule has 21 heavy (non-hydrogen) atoms. The molecule has 112 valence electrons. The predicted molar refractivity (Wildman–Crippen MR) is 81.7 cm³/mol. The molecule has 2 amide bonds. The summed E-state index contributed by atoms with van der Waals surface area (Å²) in [6.07, 6.45) is 2.48. The van der Waals surface area contributed by atoms with E-state index in [1.165, 1.54) is 0 Å². The van der Waals surface area contributed by atoms with E-state index in [1.54, 1.807) is 7.11 Å². The van der Waals surface area contributed by atoms with Gasteiger partial charge >= 0.3 is 0 Å². The third-order valence-corrected chi connectivity index (χ3v) is 5.07. The Kier molecular flexibility index (Phi) is 3.88. The zero-order valence-electron chi connectivity index (χ0n) is 11.9. The molecule has 1 aliphatic heterocycles. The molecule has 2 fully saturated rings. The van der Waals surface area contributed by atoms with Gasteiger partial charge in [0.25, 0.3) is 0 Å². The van der Waals surface area contributed by atoms with Crippen molar-refractivity contribution in [3.8, 4) is 0 Å². The topological polar surface area (TPSA) is 55.4 Å². The minimum absolute atomic E-state index is 0.185. The second-order valence-electron chi connectivity index (χ2n) is 6.02. The first-order valence-corrected chi connectivity index (χ1v) is 7.94. The van der Waals surface area contributed by atoms with Crippen LogP contribution in [0, 0.1) is 11.3 Å². The van der Waals surface area contributed by atoms with E-state index in [4.69, 9.17) is 4.74 Å². The molecule has 4 nitrogen and oxygen atoms in total. The number of nitrogens with one attached hydrogen (secondary N) is 1. The summed E-state index contributed by atoms with van der Waals surface area (Å²) in [5.74, 6) is -0.333. The Hall–Kier alpha value is -1.20. The summed E-state index contributed by atoms with van der Waals surface area (Å²) < 4.78 is 6.36. The molecule has 1 saturated heterocycles. The average Bonchev–Trinajstić information content (AvgIpc) is 3.22. The molecule has 2 aliphatic rings. The highest BCUT2D eigenvalue weighted by Crippen LogP contribution is 2.57. The van der Waals surface area contributed by atoms with E-state index in [2.05, 4.69) is 21.2 Å². The van der Waals surface area contributed by atoms with Crippen molar-refractivity contribution in [1.82, 2.24) is 5.32 Å². The molecule has 1 saturated carbocycles. The number of carbonyl (C=O) groups excluding carboxylic acids is 2. The number of hydrogen-bond donors (Lipinski definition) is 1. The number of halogens is 1.